The second-order valence-electron chi connectivity index (χ2n) is 6.44. The monoisotopic (exact) mass is 271 g/mol. The highest BCUT2D eigenvalue weighted by Crippen LogP contribution is 2.45. The summed E-state index contributed by atoms with van der Waals surface area (Å²) in [5, 5.41) is 0. The maximum absolute atomic E-state index is 11.3. The fourth-order valence-corrected chi connectivity index (χ4v) is 4.21. The zero-order chi connectivity index (χ0) is 13.8. The highest BCUT2D eigenvalue weighted by Gasteiger charge is 2.42. The van der Waals surface area contributed by atoms with Crippen LogP contribution in [0.3, 0.4) is 0 Å². The Morgan fingerprint density at radius 3 is 2.50 bits per heavy atom. The Morgan fingerprint density at radius 2 is 1.80 bits per heavy atom. The first-order valence-electron chi connectivity index (χ1n) is 8.11. The van der Waals surface area contributed by atoms with E-state index in [1.165, 1.54) is 57.0 Å². The molecule has 1 heterocycles. The average Bonchev–Trinajstić information content (AvgIpc) is 2.56. The quantitative estimate of drug-likeness (QED) is 0.780. The van der Waals surface area contributed by atoms with E-state index in [1.807, 2.05) is 0 Å². The van der Waals surface area contributed by atoms with Gasteiger partial charge in [-0.05, 0) is 50.8 Å². The van der Waals surface area contributed by atoms with E-state index < -0.39 is 0 Å². The smallest absolute Gasteiger partial charge is 0.123 e. The molecule has 0 N–H and O–H groups in total. The molecule has 0 amide bonds. The summed E-state index contributed by atoms with van der Waals surface area (Å²) >= 11 is 0. The number of likely N-dealkylation sites (tertiary alicyclic amines) is 1. The number of piperidine rings is 1. The zero-order valence-electron chi connectivity index (χ0n) is 12.3. The molecule has 0 bridgehead atoms. The summed E-state index contributed by atoms with van der Waals surface area (Å²) in [6, 6.07) is 10.9. The standard InChI is InChI=1S/C18H25NO/c20-15-16-8-7-11-18(14-16,17-9-3-1-4-10-17)19-12-5-2-6-13-19/h1,3-4,9-10,15-16H,2,5-8,11-14H2/t16?,18-/m1/s1. The molecular weight excluding hydrogens is 246 g/mol. The molecule has 2 aliphatic rings. The first-order chi connectivity index (χ1) is 9.85. The predicted molar refractivity (Wildman–Crippen MR) is 81.6 cm³/mol. The van der Waals surface area contributed by atoms with Gasteiger partial charge in [0.15, 0.2) is 0 Å². The summed E-state index contributed by atoms with van der Waals surface area (Å²) in [7, 11) is 0. The van der Waals surface area contributed by atoms with Crippen LogP contribution in [-0.2, 0) is 10.3 Å². The minimum absolute atomic E-state index is 0.117. The minimum atomic E-state index is 0.117. The van der Waals surface area contributed by atoms with Gasteiger partial charge < -0.3 is 4.79 Å². The van der Waals surface area contributed by atoms with Gasteiger partial charge in [-0.1, -0.05) is 43.2 Å². The summed E-state index contributed by atoms with van der Waals surface area (Å²) in [6.45, 7) is 2.39. The van der Waals surface area contributed by atoms with Crippen LogP contribution in [0.1, 0.15) is 50.5 Å². The predicted octanol–water partition coefficient (Wildman–Crippen LogP) is 3.76. The SMILES string of the molecule is O=CC1CCC[C@@](c2ccccc2)(N2CCCCC2)C1. The minimum Gasteiger partial charge on any atom is -0.303 e. The van der Waals surface area contributed by atoms with Crippen LogP contribution >= 0.6 is 0 Å². The van der Waals surface area contributed by atoms with Gasteiger partial charge in [0.2, 0.25) is 0 Å². The Bertz CT molecular complexity index is 438. The molecule has 1 unspecified atom stereocenters. The number of rotatable bonds is 3. The maximum Gasteiger partial charge on any atom is 0.123 e. The van der Waals surface area contributed by atoms with Crippen molar-refractivity contribution in [2.24, 2.45) is 5.92 Å². The van der Waals surface area contributed by atoms with Crippen molar-refractivity contribution in [3.63, 3.8) is 0 Å². The molecule has 1 aromatic rings. The van der Waals surface area contributed by atoms with E-state index in [4.69, 9.17) is 0 Å². The Labute approximate surface area is 122 Å². The summed E-state index contributed by atoms with van der Waals surface area (Å²) in [6.07, 6.45) is 9.64. The zero-order valence-corrected chi connectivity index (χ0v) is 12.3. The second-order valence-corrected chi connectivity index (χ2v) is 6.44. The van der Waals surface area contributed by atoms with Gasteiger partial charge in [-0.3, -0.25) is 4.90 Å². The van der Waals surface area contributed by atoms with Crippen LogP contribution in [-0.4, -0.2) is 24.3 Å². The normalized spacial score (nSPS) is 31.9. The number of carbonyl (C=O) groups is 1. The number of aldehydes is 1. The topological polar surface area (TPSA) is 20.3 Å². The van der Waals surface area contributed by atoms with E-state index in [0.29, 0.717) is 0 Å². The summed E-state index contributed by atoms with van der Waals surface area (Å²) in [5.41, 5.74) is 1.54. The Hall–Kier alpha value is -1.15. The third-order valence-corrected chi connectivity index (χ3v) is 5.23. The third-order valence-electron chi connectivity index (χ3n) is 5.23. The van der Waals surface area contributed by atoms with Crippen LogP contribution in [0.15, 0.2) is 30.3 Å². The molecule has 1 aliphatic carbocycles. The van der Waals surface area contributed by atoms with Crippen molar-refractivity contribution in [1.82, 2.24) is 4.90 Å². The van der Waals surface area contributed by atoms with Gasteiger partial charge in [0, 0.05) is 11.5 Å². The average molecular weight is 271 g/mol. The van der Waals surface area contributed by atoms with Crippen LogP contribution in [0.2, 0.25) is 0 Å². The van der Waals surface area contributed by atoms with Crippen LogP contribution in [0.4, 0.5) is 0 Å². The van der Waals surface area contributed by atoms with Crippen molar-refractivity contribution in [3.8, 4) is 0 Å². The molecule has 1 saturated heterocycles. The molecule has 0 aromatic heterocycles. The molecule has 108 valence electrons. The molecule has 2 fully saturated rings. The summed E-state index contributed by atoms with van der Waals surface area (Å²) < 4.78 is 0. The fourth-order valence-electron chi connectivity index (χ4n) is 4.21. The lowest BCUT2D eigenvalue weighted by atomic mass is 9.70. The lowest BCUT2D eigenvalue weighted by Crippen LogP contribution is -2.51. The van der Waals surface area contributed by atoms with Crippen LogP contribution in [0, 0.1) is 5.92 Å². The second kappa shape index (κ2) is 6.09. The van der Waals surface area contributed by atoms with E-state index >= 15 is 0 Å². The van der Waals surface area contributed by atoms with Crippen molar-refractivity contribution in [1.29, 1.82) is 0 Å². The van der Waals surface area contributed by atoms with Crippen LogP contribution < -0.4 is 0 Å². The van der Waals surface area contributed by atoms with Gasteiger partial charge in [-0.25, -0.2) is 0 Å². The molecule has 1 saturated carbocycles. The molecule has 0 radical (unpaired) electrons. The van der Waals surface area contributed by atoms with E-state index in [9.17, 15) is 4.79 Å². The van der Waals surface area contributed by atoms with Crippen molar-refractivity contribution in [2.75, 3.05) is 13.1 Å². The summed E-state index contributed by atoms with van der Waals surface area (Å²) in [4.78, 5) is 14.0. The van der Waals surface area contributed by atoms with Gasteiger partial charge in [0.25, 0.3) is 0 Å². The molecule has 2 nitrogen and oxygen atoms in total. The van der Waals surface area contributed by atoms with Gasteiger partial charge in [0.05, 0.1) is 0 Å². The van der Waals surface area contributed by atoms with E-state index in [-0.39, 0.29) is 11.5 Å². The van der Waals surface area contributed by atoms with E-state index in [2.05, 4.69) is 35.2 Å². The first kappa shape index (κ1) is 13.8. The molecule has 1 aromatic carbocycles. The molecule has 2 atom stereocenters. The van der Waals surface area contributed by atoms with E-state index in [1.54, 1.807) is 0 Å². The number of carbonyl (C=O) groups excluding carboxylic acids is 1. The number of benzene rings is 1. The van der Waals surface area contributed by atoms with Crippen LogP contribution in [0.5, 0.6) is 0 Å². The molecule has 1 aliphatic heterocycles. The van der Waals surface area contributed by atoms with Crippen molar-refractivity contribution in [3.05, 3.63) is 35.9 Å². The Morgan fingerprint density at radius 1 is 1.05 bits per heavy atom. The molecule has 3 rings (SSSR count). The molecule has 2 heteroatoms. The van der Waals surface area contributed by atoms with Crippen molar-refractivity contribution < 1.29 is 4.79 Å². The Kier molecular flexibility index (Phi) is 4.21. The molecular formula is C18H25NO. The van der Waals surface area contributed by atoms with Gasteiger partial charge in [0.1, 0.15) is 6.29 Å². The van der Waals surface area contributed by atoms with E-state index in [0.717, 1.165) is 12.8 Å². The van der Waals surface area contributed by atoms with Gasteiger partial charge in [-0.15, -0.1) is 0 Å². The van der Waals surface area contributed by atoms with Gasteiger partial charge in [-0.2, -0.15) is 0 Å². The van der Waals surface area contributed by atoms with Crippen LogP contribution in [0.25, 0.3) is 0 Å². The Balaban J connectivity index is 1.95. The van der Waals surface area contributed by atoms with Crippen molar-refractivity contribution >= 4 is 6.29 Å². The largest absolute Gasteiger partial charge is 0.303 e. The van der Waals surface area contributed by atoms with Crippen molar-refractivity contribution in [2.45, 2.75) is 50.5 Å². The first-order valence-corrected chi connectivity index (χ1v) is 8.11. The third kappa shape index (κ3) is 2.54. The fraction of sp³-hybridized carbons (Fsp3) is 0.611. The van der Waals surface area contributed by atoms with Gasteiger partial charge >= 0.3 is 0 Å². The lowest BCUT2D eigenvalue weighted by Gasteiger charge is -2.50. The maximum atomic E-state index is 11.3. The highest BCUT2D eigenvalue weighted by molar-refractivity contribution is 5.54. The lowest BCUT2D eigenvalue weighted by molar-refractivity contribution is -0.114. The number of hydrogen-bond acceptors (Lipinski definition) is 2. The number of hydrogen-bond donors (Lipinski definition) is 0. The summed E-state index contributed by atoms with van der Waals surface area (Å²) in [5.74, 6) is 0.242. The molecule has 20 heavy (non-hydrogen) atoms. The molecule has 0 spiro atoms. The number of nitrogens with zero attached hydrogens (tertiary/aromatic N) is 1. The highest BCUT2D eigenvalue weighted by atomic mass is 16.1.